The first-order valence-electron chi connectivity index (χ1n) is 7.69. The Bertz CT molecular complexity index is 1090. The van der Waals surface area contributed by atoms with E-state index in [9.17, 15) is 9.18 Å². The maximum atomic E-state index is 13.3. The van der Waals surface area contributed by atoms with E-state index in [1.165, 1.54) is 23.5 Å². The van der Waals surface area contributed by atoms with Crippen molar-refractivity contribution in [1.29, 1.82) is 0 Å². The number of thiophene rings is 1. The van der Waals surface area contributed by atoms with Gasteiger partial charge in [0.25, 0.3) is 5.89 Å². The number of pyridine rings is 1. The molecule has 6 nitrogen and oxygen atoms in total. The first kappa shape index (κ1) is 16.3. The molecule has 8 heteroatoms. The average molecular weight is 369 g/mol. The molecule has 130 valence electrons. The first-order valence-corrected chi connectivity index (χ1v) is 8.63. The highest BCUT2D eigenvalue weighted by atomic mass is 32.1. The Hall–Kier alpha value is -3.13. The lowest BCUT2D eigenvalue weighted by Crippen LogP contribution is -2.08. The highest BCUT2D eigenvalue weighted by molar-refractivity contribution is 7.08. The van der Waals surface area contributed by atoms with Crippen LogP contribution in [-0.2, 0) is 11.3 Å². The number of esters is 1. The van der Waals surface area contributed by atoms with Crippen LogP contribution < -0.4 is 0 Å². The molecule has 1 aromatic carbocycles. The smallest absolute Gasteiger partial charge is 0.340 e. The molecule has 0 saturated carbocycles. The van der Waals surface area contributed by atoms with Gasteiger partial charge in [0.05, 0.1) is 16.8 Å². The molecule has 0 radical (unpaired) electrons. The molecule has 0 bridgehead atoms. The van der Waals surface area contributed by atoms with Gasteiger partial charge in [-0.3, -0.25) is 4.98 Å². The quantitative estimate of drug-likeness (QED) is 0.503. The predicted octanol–water partition coefficient (Wildman–Crippen LogP) is 4.15. The Balaban J connectivity index is 1.51. The van der Waals surface area contributed by atoms with E-state index >= 15 is 0 Å². The van der Waals surface area contributed by atoms with Crippen LogP contribution in [0.25, 0.3) is 22.3 Å². The lowest BCUT2D eigenvalue weighted by atomic mass is 10.1. The second kappa shape index (κ2) is 6.64. The minimum Gasteiger partial charge on any atom is -0.452 e. The first-order chi connectivity index (χ1) is 12.6. The molecule has 0 N–H and O–H groups in total. The van der Waals surface area contributed by atoms with E-state index in [-0.39, 0.29) is 18.3 Å². The van der Waals surface area contributed by atoms with Crippen molar-refractivity contribution in [3.63, 3.8) is 0 Å². The Kier molecular flexibility index (Phi) is 4.18. The molecule has 0 spiro atoms. The summed E-state index contributed by atoms with van der Waals surface area (Å²) >= 11 is 1.53. The second-order valence-electron chi connectivity index (χ2n) is 5.56. The number of aryl methyl sites for hydroxylation is 1. The number of benzene rings is 1. The third kappa shape index (κ3) is 3.18. The van der Waals surface area contributed by atoms with Gasteiger partial charge in [-0.1, -0.05) is 5.16 Å². The summed E-state index contributed by atoms with van der Waals surface area (Å²) in [4.78, 5) is 20.8. The molecule has 0 atom stereocenters. The zero-order valence-corrected chi connectivity index (χ0v) is 14.4. The molecule has 3 aromatic heterocycles. The Morgan fingerprint density at radius 1 is 1.27 bits per heavy atom. The van der Waals surface area contributed by atoms with E-state index in [2.05, 4.69) is 15.1 Å². The summed E-state index contributed by atoms with van der Waals surface area (Å²) in [6.07, 6.45) is 0. The molecule has 0 amide bonds. The van der Waals surface area contributed by atoms with Crippen LogP contribution in [0.5, 0.6) is 0 Å². The van der Waals surface area contributed by atoms with Crippen molar-refractivity contribution in [2.24, 2.45) is 0 Å². The van der Waals surface area contributed by atoms with E-state index in [1.807, 2.05) is 16.8 Å². The third-order valence-electron chi connectivity index (χ3n) is 3.76. The fourth-order valence-electron chi connectivity index (χ4n) is 2.47. The molecule has 0 unspecified atom stereocenters. The fourth-order valence-corrected chi connectivity index (χ4v) is 3.10. The van der Waals surface area contributed by atoms with Crippen LogP contribution in [0, 0.1) is 12.7 Å². The number of carbonyl (C=O) groups excluding carboxylic acids is 1. The lowest BCUT2D eigenvalue weighted by Gasteiger charge is -2.07. The van der Waals surface area contributed by atoms with E-state index in [0.717, 1.165) is 5.56 Å². The van der Waals surface area contributed by atoms with Gasteiger partial charge in [-0.05, 0) is 36.6 Å². The van der Waals surface area contributed by atoms with Gasteiger partial charge in [0.2, 0.25) is 5.82 Å². The summed E-state index contributed by atoms with van der Waals surface area (Å²) in [6, 6.07) is 7.71. The largest absolute Gasteiger partial charge is 0.452 e. The molecule has 0 saturated heterocycles. The minimum atomic E-state index is -0.559. The SMILES string of the molecule is Cc1nc2cc(F)ccc2cc1C(=O)OCc1nc(-c2ccsc2)no1. The molecular formula is C18H12FN3O3S. The number of aromatic nitrogens is 3. The Morgan fingerprint density at radius 3 is 2.96 bits per heavy atom. The number of halogens is 1. The number of rotatable bonds is 4. The fraction of sp³-hybridized carbons (Fsp3) is 0.111. The number of carbonyl (C=O) groups is 1. The molecule has 3 heterocycles. The van der Waals surface area contributed by atoms with Crippen molar-refractivity contribution in [1.82, 2.24) is 15.1 Å². The van der Waals surface area contributed by atoms with Gasteiger partial charge < -0.3 is 9.26 Å². The highest BCUT2D eigenvalue weighted by Gasteiger charge is 2.16. The summed E-state index contributed by atoms with van der Waals surface area (Å²) in [5, 5.41) is 8.32. The van der Waals surface area contributed by atoms with Crippen LogP contribution in [0.3, 0.4) is 0 Å². The summed E-state index contributed by atoms with van der Waals surface area (Å²) in [6.45, 7) is 1.53. The van der Waals surface area contributed by atoms with E-state index in [4.69, 9.17) is 9.26 Å². The third-order valence-corrected chi connectivity index (χ3v) is 4.45. The van der Waals surface area contributed by atoms with Crippen LogP contribution in [0.1, 0.15) is 21.9 Å². The van der Waals surface area contributed by atoms with Gasteiger partial charge in [-0.2, -0.15) is 16.3 Å². The van der Waals surface area contributed by atoms with Crippen molar-refractivity contribution < 1.29 is 18.4 Å². The summed E-state index contributed by atoms with van der Waals surface area (Å²) in [7, 11) is 0. The molecule has 0 aliphatic rings. The number of ether oxygens (including phenoxy) is 1. The number of hydrogen-bond acceptors (Lipinski definition) is 7. The number of hydrogen-bond donors (Lipinski definition) is 0. The maximum Gasteiger partial charge on any atom is 0.340 e. The molecule has 0 fully saturated rings. The van der Waals surface area contributed by atoms with Crippen LogP contribution >= 0.6 is 11.3 Å². The summed E-state index contributed by atoms with van der Waals surface area (Å²) < 4.78 is 23.6. The van der Waals surface area contributed by atoms with Crippen LogP contribution in [0.2, 0.25) is 0 Å². The van der Waals surface area contributed by atoms with Crippen molar-refractivity contribution >= 4 is 28.2 Å². The van der Waals surface area contributed by atoms with Crippen molar-refractivity contribution in [3.05, 3.63) is 64.1 Å². The number of fused-ring (bicyclic) bond motifs is 1. The van der Waals surface area contributed by atoms with Crippen LogP contribution in [-0.4, -0.2) is 21.1 Å². The van der Waals surface area contributed by atoms with Crippen molar-refractivity contribution in [3.8, 4) is 11.4 Å². The van der Waals surface area contributed by atoms with Gasteiger partial charge in [-0.25, -0.2) is 9.18 Å². The van der Waals surface area contributed by atoms with E-state index in [1.54, 1.807) is 19.1 Å². The molecule has 0 aliphatic carbocycles. The molecular weight excluding hydrogens is 357 g/mol. The van der Waals surface area contributed by atoms with Crippen LogP contribution in [0.4, 0.5) is 4.39 Å². The van der Waals surface area contributed by atoms with E-state index < -0.39 is 5.97 Å². The van der Waals surface area contributed by atoms with Crippen LogP contribution in [0.15, 0.2) is 45.6 Å². The Morgan fingerprint density at radius 2 is 2.15 bits per heavy atom. The molecule has 4 aromatic rings. The number of nitrogens with zero attached hydrogens (tertiary/aromatic N) is 3. The van der Waals surface area contributed by atoms with E-state index in [0.29, 0.717) is 28.0 Å². The maximum absolute atomic E-state index is 13.3. The van der Waals surface area contributed by atoms with Gasteiger partial charge in [0.1, 0.15) is 5.82 Å². The summed E-state index contributed by atoms with van der Waals surface area (Å²) in [5.74, 6) is -0.287. The molecule has 26 heavy (non-hydrogen) atoms. The zero-order chi connectivity index (χ0) is 18.1. The Labute approximate surface area is 151 Å². The monoisotopic (exact) mass is 369 g/mol. The second-order valence-corrected chi connectivity index (χ2v) is 6.34. The normalized spacial score (nSPS) is 11.0. The zero-order valence-electron chi connectivity index (χ0n) is 13.6. The lowest BCUT2D eigenvalue weighted by molar-refractivity contribution is 0.0428. The standard InChI is InChI=1S/C18H12FN3O3S/c1-10-14(6-11-2-3-13(19)7-15(11)20-10)18(23)24-8-16-21-17(22-25-16)12-4-5-26-9-12/h2-7,9H,8H2,1H3. The van der Waals surface area contributed by atoms with Gasteiger partial charge >= 0.3 is 5.97 Å². The summed E-state index contributed by atoms with van der Waals surface area (Å²) in [5.41, 5.74) is 2.09. The van der Waals surface area contributed by atoms with Gasteiger partial charge in [0, 0.05) is 22.4 Å². The average Bonchev–Trinajstić information content (AvgIpc) is 3.30. The van der Waals surface area contributed by atoms with Crippen molar-refractivity contribution in [2.75, 3.05) is 0 Å². The molecule has 4 rings (SSSR count). The topological polar surface area (TPSA) is 78.1 Å². The minimum absolute atomic E-state index is 0.142. The highest BCUT2D eigenvalue weighted by Crippen LogP contribution is 2.20. The predicted molar refractivity (Wildman–Crippen MR) is 93.2 cm³/mol. The van der Waals surface area contributed by atoms with Gasteiger partial charge in [-0.15, -0.1) is 0 Å². The van der Waals surface area contributed by atoms with Gasteiger partial charge in [0.15, 0.2) is 6.61 Å². The van der Waals surface area contributed by atoms with Crippen molar-refractivity contribution in [2.45, 2.75) is 13.5 Å². The molecule has 0 aliphatic heterocycles.